The molecule has 3 rings (SSSR count). The first-order chi connectivity index (χ1) is 13.1. The summed E-state index contributed by atoms with van der Waals surface area (Å²) in [6.45, 7) is 4.79. The molecule has 0 aliphatic heterocycles. The van der Waals surface area contributed by atoms with E-state index in [2.05, 4.69) is 52.2 Å². The van der Waals surface area contributed by atoms with Crippen LogP contribution in [0.5, 0.6) is 0 Å². The Hall–Kier alpha value is -1.84. The lowest BCUT2D eigenvalue weighted by Gasteiger charge is -2.07. The lowest BCUT2D eigenvalue weighted by Crippen LogP contribution is -2.27. The van der Waals surface area contributed by atoms with E-state index in [0.29, 0.717) is 17.5 Å². The topological polar surface area (TPSA) is 72.7 Å². The predicted octanol–water partition coefficient (Wildman–Crippen LogP) is 3.48. The van der Waals surface area contributed by atoms with Gasteiger partial charge < -0.3 is 5.32 Å². The van der Waals surface area contributed by atoms with Gasteiger partial charge in [0, 0.05) is 22.9 Å². The van der Waals surface area contributed by atoms with Crippen LogP contribution in [0.3, 0.4) is 0 Å². The molecule has 0 aliphatic rings. The summed E-state index contributed by atoms with van der Waals surface area (Å²) >= 11 is 4.92. The number of nitrogens with one attached hydrogen (secondary N) is 1. The Kier molecular flexibility index (Phi) is 7.31. The minimum atomic E-state index is -0.00800. The molecule has 9 heteroatoms. The molecule has 0 unspecified atom stereocenters. The first-order valence-corrected chi connectivity index (χ1v) is 11.5. The molecule has 0 fully saturated rings. The number of thiophene rings is 1. The van der Waals surface area contributed by atoms with E-state index < -0.39 is 0 Å². The van der Waals surface area contributed by atoms with Crippen molar-refractivity contribution in [3.05, 3.63) is 51.7 Å². The van der Waals surface area contributed by atoms with Crippen LogP contribution in [0.4, 0.5) is 0 Å². The smallest absolute Gasteiger partial charge is 0.230 e. The Morgan fingerprint density at radius 1 is 1.26 bits per heavy atom. The van der Waals surface area contributed by atoms with Gasteiger partial charge in [-0.15, -0.1) is 16.4 Å². The van der Waals surface area contributed by atoms with Crippen molar-refractivity contribution >= 4 is 40.8 Å². The first kappa shape index (κ1) is 19.9. The van der Waals surface area contributed by atoms with E-state index in [9.17, 15) is 4.79 Å². The molecular weight excluding hydrogens is 398 g/mol. The van der Waals surface area contributed by atoms with Crippen molar-refractivity contribution in [1.29, 1.82) is 0 Å². The Labute approximate surface area is 171 Å². The number of carbonyl (C=O) groups is 1. The third kappa shape index (κ3) is 5.82. The van der Waals surface area contributed by atoms with E-state index in [0.717, 1.165) is 17.2 Å². The summed E-state index contributed by atoms with van der Waals surface area (Å²) in [6, 6.07) is 10.3. The van der Waals surface area contributed by atoms with Gasteiger partial charge in [0.1, 0.15) is 0 Å². The predicted molar refractivity (Wildman–Crippen MR) is 113 cm³/mol. The molecule has 3 aromatic rings. The molecule has 0 saturated carbocycles. The maximum atomic E-state index is 12.1. The van der Waals surface area contributed by atoms with E-state index in [1.54, 1.807) is 16.0 Å². The van der Waals surface area contributed by atoms with Crippen LogP contribution in [0, 0.1) is 13.8 Å². The molecule has 1 N–H and O–H groups in total. The Balaban J connectivity index is 1.43. The summed E-state index contributed by atoms with van der Waals surface area (Å²) in [7, 11) is 0. The monoisotopic (exact) mass is 419 g/mol. The van der Waals surface area contributed by atoms with Crippen molar-refractivity contribution in [1.82, 2.24) is 25.5 Å². The third-order valence-electron chi connectivity index (χ3n) is 3.90. The first-order valence-electron chi connectivity index (χ1n) is 8.49. The van der Waals surface area contributed by atoms with Gasteiger partial charge in [0.15, 0.2) is 0 Å². The van der Waals surface area contributed by atoms with Gasteiger partial charge >= 0.3 is 0 Å². The van der Waals surface area contributed by atoms with Crippen LogP contribution in [0.2, 0.25) is 0 Å². The highest BCUT2D eigenvalue weighted by Crippen LogP contribution is 2.20. The van der Waals surface area contributed by atoms with E-state index in [-0.39, 0.29) is 5.91 Å². The number of thioether (sulfide) groups is 2. The fourth-order valence-corrected chi connectivity index (χ4v) is 4.72. The number of nitrogens with zero attached hydrogens (tertiary/aromatic N) is 4. The van der Waals surface area contributed by atoms with E-state index in [1.165, 1.54) is 27.8 Å². The van der Waals surface area contributed by atoms with Crippen molar-refractivity contribution < 1.29 is 4.79 Å². The molecule has 27 heavy (non-hydrogen) atoms. The second-order valence-electron chi connectivity index (χ2n) is 5.91. The Morgan fingerprint density at radius 2 is 2.15 bits per heavy atom. The molecule has 2 aromatic heterocycles. The minimum Gasteiger partial charge on any atom is -0.355 e. The highest BCUT2D eigenvalue weighted by atomic mass is 32.2. The number of amides is 1. The lowest BCUT2D eigenvalue weighted by atomic mass is 10.1. The van der Waals surface area contributed by atoms with Gasteiger partial charge in [-0.25, -0.2) is 0 Å². The van der Waals surface area contributed by atoms with Gasteiger partial charge in [0.05, 0.1) is 11.4 Å². The summed E-state index contributed by atoms with van der Waals surface area (Å²) in [6.07, 6.45) is 0. The standard InChI is InChI=1S/C18H21N5OS3/c1-13-5-6-15(10-14(13)2)23-18(20-21-22-23)27-12-17(24)19-7-9-25-11-16-4-3-8-26-16/h3-6,8,10H,7,9,11-12H2,1-2H3,(H,19,24). The van der Waals surface area contributed by atoms with Gasteiger partial charge in [0.25, 0.3) is 0 Å². The zero-order valence-electron chi connectivity index (χ0n) is 15.2. The molecule has 0 atom stereocenters. The highest BCUT2D eigenvalue weighted by Gasteiger charge is 2.12. The highest BCUT2D eigenvalue weighted by molar-refractivity contribution is 7.99. The van der Waals surface area contributed by atoms with E-state index >= 15 is 0 Å². The Bertz CT molecular complexity index is 879. The van der Waals surface area contributed by atoms with Crippen LogP contribution >= 0.6 is 34.9 Å². The number of rotatable bonds is 9. The van der Waals surface area contributed by atoms with Crippen LogP contribution in [0.1, 0.15) is 16.0 Å². The molecule has 0 spiro atoms. The van der Waals surface area contributed by atoms with Crippen molar-refractivity contribution in [2.24, 2.45) is 0 Å². The number of carbonyl (C=O) groups excluding carboxylic acids is 1. The fourth-order valence-electron chi connectivity index (χ4n) is 2.30. The van der Waals surface area contributed by atoms with Gasteiger partial charge in [0.2, 0.25) is 11.1 Å². The summed E-state index contributed by atoms with van der Waals surface area (Å²) in [4.78, 5) is 13.4. The number of hydrogen-bond donors (Lipinski definition) is 1. The normalized spacial score (nSPS) is 10.9. The summed E-state index contributed by atoms with van der Waals surface area (Å²) in [5.74, 6) is 2.18. The average molecular weight is 420 g/mol. The van der Waals surface area contributed by atoms with Crippen LogP contribution in [-0.2, 0) is 10.5 Å². The summed E-state index contributed by atoms with van der Waals surface area (Å²) in [5, 5.41) is 17.5. The van der Waals surface area contributed by atoms with Crippen molar-refractivity contribution in [3.63, 3.8) is 0 Å². The van der Waals surface area contributed by atoms with Crippen LogP contribution in [-0.4, -0.2) is 44.2 Å². The molecule has 6 nitrogen and oxygen atoms in total. The summed E-state index contributed by atoms with van der Waals surface area (Å²) in [5.41, 5.74) is 3.30. The molecule has 2 heterocycles. The van der Waals surface area contributed by atoms with Gasteiger partial charge in [-0.3, -0.25) is 4.79 Å². The van der Waals surface area contributed by atoms with Gasteiger partial charge in [-0.1, -0.05) is 23.9 Å². The Morgan fingerprint density at radius 3 is 2.93 bits per heavy atom. The maximum absolute atomic E-state index is 12.1. The number of aromatic nitrogens is 4. The van der Waals surface area contributed by atoms with Crippen molar-refractivity contribution in [2.45, 2.75) is 24.8 Å². The van der Waals surface area contributed by atoms with Gasteiger partial charge in [-0.2, -0.15) is 16.4 Å². The molecule has 1 aromatic carbocycles. The SMILES string of the molecule is Cc1ccc(-n2nnnc2SCC(=O)NCCSCc2cccs2)cc1C. The second-order valence-corrected chi connectivity index (χ2v) is 8.99. The molecule has 0 radical (unpaired) electrons. The third-order valence-corrected chi connectivity index (χ3v) is 6.89. The average Bonchev–Trinajstić information content (AvgIpc) is 3.33. The van der Waals surface area contributed by atoms with Gasteiger partial charge in [-0.05, 0) is 59.0 Å². The zero-order chi connectivity index (χ0) is 19.1. The number of aryl methyl sites for hydroxylation is 2. The quantitative estimate of drug-likeness (QED) is 0.423. The minimum absolute atomic E-state index is 0.00800. The largest absolute Gasteiger partial charge is 0.355 e. The number of benzene rings is 1. The van der Waals surface area contributed by atoms with Crippen molar-refractivity contribution in [2.75, 3.05) is 18.1 Å². The van der Waals surface area contributed by atoms with E-state index in [4.69, 9.17) is 0 Å². The van der Waals surface area contributed by atoms with E-state index in [1.807, 2.05) is 30.0 Å². The lowest BCUT2D eigenvalue weighted by molar-refractivity contribution is -0.118. The van der Waals surface area contributed by atoms with Crippen LogP contribution in [0.25, 0.3) is 5.69 Å². The van der Waals surface area contributed by atoms with Crippen LogP contribution < -0.4 is 5.32 Å². The zero-order valence-corrected chi connectivity index (χ0v) is 17.7. The second kappa shape index (κ2) is 9.91. The fraction of sp³-hybridized carbons (Fsp3) is 0.333. The van der Waals surface area contributed by atoms with Crippen LogP contribution in [0.15, 0.2) is 40.9 Å². The van der Waals surface area contributed by atoms with Crippen molar-refractivity contribution in [3.8, 4) is 5.69 Å². The number of hydrogen-bond acceptors (Lipinski definition) is 7. The maximum Gasteiger partial charge on any atom is 0.230 e. The molecule has 1 amide bonds. The number of tetrazole rings is 1. The molecule has 0 aliphatic carbocycles. The summed E-state index contributed by atoms with van der Waals surface area (Å²) < 4.78 is 1.67. The molecule has 0 bridgehead atoms. The molecule has 142 valence electrons. The molecular formula is C18H21N5OS3. The molecule has 0 saturated heterocycles.